The van der Waals surface area contributed by atoms with E-state index < -0.39 is 0 Å². The van der Waals surface area contributed by atoms with Crippen molar-refractivity contribution in [3.63, 3.8) is 0 Å². The van der Waals surface area contributed by atoms with Gasteiger partial charge in [-0.15, -0.1) is 0 Å². The fourth-order valence-electron chi connectivity index (χ4n) is 1.67. The van der Waals surface area contributed by atoms with E-state index in [1.165, 1.54) is 16.7 Å². The lowest BCUT2D eigenvalue weighted by molar-refractivity contribution is 0.415. The predicted molar refractivity (Wildman–Crippen MR) is 63.2 cm³/mol. The summed E-state index contributed by atoms with van der Waals surface area (Å²) in [7, 11) is 1.68. The van der Waals surface area contributed by atoms with Gasteiger partial charge in [-0.25, -0.2) is 0 Å². The van der Waals surface area contributed by atoms with Gasteiger partial charge in [0.25, 0.3) is 0 Å². The molecule has 0 amide bonds. The summed E-state index contributed by atoms with van der Waals surface area (Å²) < 4.78 is 5.14. The summed E-state index contributed by atoms with van der Waals surface area (Å²) in [5.41, 5.74) is 3.80. The topological polar surface area (TPSA) is 9.23 Å². The second-order valence-electron chi connectivity index (χ2n) is 3.54. The first-order chi connectivity index (χ1) is 7.31. The molecule has 0 N–H and O–H groups in total. The Kier molecular flexibility index (Phi) is 2.72. The van der Waals surface area contributed by atoms with Crippen LogP contribution in [0.15, 0.2) is 48.5 Å². The molecule has 0 spiro atoms. The minimum absolute atomic E-state index is 0.896. The van der Waals surface area contributed by atoms with Crippen LogP contribution < -0.4 is 4.74 Å². The van der Waals surface area contributed by atoms with Gasteiger partial charge in [-0.3, -0.25) is 0 Å². The molecule has 1 heteroatoms. The van der Waals surface area contributed by atoms with Crippen LogP contribution in [0.1, 0.15) is 5.56 Å². The fraction of sp³-hybridized carbons (Fsp3) is 0.143. The Labute approximate surface area is 90.3 Å². The van der Waals surface area contributed by atoms with Crippen molar-refractivity contribution in [2.45, 2.75) is 6.92 Å². The molecule has 0 aliphatic rings. The second-order valence-corrected chi connectivity index (χ2v) is 3.54. The van der Waals surface area contributed by atoms with E-state index in [1.807, 2.05) is 12.1 Å². The summed E-state index contributed by atoms with van der Waals surface area (Å²) in [6.07, 6.45) is 0. The number of hydrogen-bond acceptors (Lipinski definition) is 1. The van der Waals surface area contributed by atoms with Gasteiger partial charge >= 0.3 is 0 Å². The monoisotopic (exact) mass is 198 g/mol. The molecule has 0 saturated heterocycles. The zero-order valence-electron chi connectivity index (χ0n) is 9.03. The lowest BCUT2D eigenvalue weighted by Crippen LogP contribution is -1.84. The van der Waals surface area contributed by atoms with Gasteiger partial charge in [-0.2, -0.15) is 0 Å². The Bertz CT molecular complexity index is 443. The molecule has 0 heterocycles. The van der Waals surface area contributed by atoms with E-state index in [9.17, 15) is 0 Å². The molecule has 0 fully saturated rings. The summed E-state index contributed by atoms with van der Waals surface area (Å²) in [6.45, 7) is 2.12. The predicted octanol–water partition coefficient (Wildman–Crippen LogP) is 3.67. The quantitative estimate of drug-likeness (QED) is 0.715. The minimum atomic E-state index is 0.896. The van der Waals surface area contributed by atoms with Crippen molar-refractivity contribution in [2.75, 3.05) is 7.11 Å². The van der Waals surface area contributed by atoms with Gasteiger partial charge in [0.05, 0.1) is 7.11 Å². The second kappa shape index (κ2) is 4.18. The molecule has 0 radical (unpaired) electrons. The Balaban J connectivity index is 2.42. The molecule has 0 aromatic heterocycles. The molecule has 1 nitrogen and oxygen atoms in total. The average Bonchev–Trinajstić information content (AvgIpc) is 2.30. The van der Waals surface area contributed by atoms with Crippen LogP contribution >= 0.6 is 0 Å². The van der Waals surface area contributed by atoms with Crippen molar-refractivity contribution in [3.8, 4) is 16.9 Å². The molecule has 0 aliphatic carbocycles. The van der Waals surface area contributed by atoms with Crippen LogP contribution in [0.4, 0.5) is 0 Å². The summed E-state index contributed by atoms with van der Waals surface area (Å²) in [6, 6.07) is 16.5. The van der Waals surface area contributed by atoms with Crippen LogP contribution in [0.25, 0.3) is 11.1 Å². The molecule has 0 bridgehead atoms. The highest BCUT2D eigenvalue weighted by atomic mass is 16.5. The highest BCUT2D eigenvalue weighted by Gasteiger charge is 2.00. The van der Waals surface area contributed by atoms with Crippen molar-refractivity contribution in [3.05, 3.63) is 54.1 Å². The van der Waals surface area contributed by atoms with E-state index in [0.717, 1.165) is 5.75 Å². The van der Waals surface area contributed by atoms with Crippen molar-refractivity contribution in [1.82, 2.24) is 0 Å². The number of benzene rings is 2. The Morgan fingerprint density at radius 1 is 0.867 bits per heavy atom. The van der Waals surface area contributed by atoms with E-state index in [-0.39, 0.29) is 0 Å². The average molecular weight is 198 g/mol. The third-order valence-electron chi connectivity index (χ3n) is 2.55. The van der Waals surface area contributed by atoms with Gasteiger partial charge in [-0.05, 0) is 35.7 Å². The molecule has 0 saturated carbocycles. The molecule has 0 unspecified atom stereocenters. The first-order valence-electron chi connectivity index (χ1n) is 5.01. The Hall–Kier alpha value is -1.76. The normalized spacial score (nSPS) is 10.0. The molecule has 2 aromatic carbocycles. The third-order valence-corrected chi connectivity index (χ3v) is 2.55. The van der Waals surface area contributed by atoms with Gasteiger partial charge in [0.15, 0.2) is 0 Å². The molecule has 2 aromatic rings. The smallest absolute Gasteiger partial charge is 0.118 e. The van der Waals surface area contributed by atoms with Crippen LogP contribution in [-0.2, 0) is 0 Å². The van der Waals surface area contributed by atoms with Crippen molar-refractivity contribution in [1.29, 1.82) is 0 Å². The number of methoxy groups -OCH3 is 1. The zero-order chi connectivity index (χ0) is 10.7. The summed E-state index contributed by atoms with van der Waals surface area (Å²) in [5.74, 6) is 0.896. The van der Waals surface area contributed by atoms with Gasteiger partial charge in [-0.1, -0.05) is 36.4 Å². The van der Waals surface area contributed by atoms with E-state index in [4.69, 9.17) is 4.74 Å². The molecule has 15 heavy (non-hydrogen) atoms. The molecule has 0 atom stereocenters. The Morgan fingerprint density at radius 3 is 2.13 bits per heavy atom. The minimum Gasteiger partial charge on any atom is -0.497 e. The summed E-state index contributed by atoms with van der Waals surface area (Å²) >= 11 is 0. The van der Waals surface area contributed by atoms with Crippen LogP contribution in [0, 0.1) is 6.92 Å². The van der Waals surface area contributed by atoms with Gasteiger partial charge in [0.2, 0.25) is 0 Å². The molecule has 76 valence electrons. The number of ether oxygens (including phenoxy) is 1. The van der Waals surface area contributed by atoms with Crippen molar-refractivity contribution in [2.24, 2.45) is 0 Å². The molecule has 2 rings (SSSR count). The maximum Gasteiger partial charge on any atom is 0.118 e. The van der Waals surface area contributed by atoms with E-state index >= 15 is 0 Å². The van der Waals surface area contributed by atoms with Gasteiger partial charge in [0.1, 0.15) is 5.75 Å². The highest BCUT2D eigenvalue weighted by Crippen LogP contribution is 2.24. The molecule has 0 aliphatic heterocycles. The van der Waals surface area contributed by atoms with Gasteiger partial charge in [0, 0.05) is 0 Å². The number of rotatable bonds is 2. The lowest BCUT2D eigenvalue weighted by atomic mass is 10.0. The SMILES string of the molecule is COc1ccc(-c2ccccc2C)cc1. The molecular weight excluding hydrogens is 184 g/mol. The van der Waals surface area contributed by atoms with Crippen molar-refractivity contribution < 1.29 is 4.74 Å². The standard InChI is InChI=1S/C14H14O/c1-11-5-3-4-6-14(11)12-7-9-13(15-2)10-8-12/h3-10H,1-2H3. The van der Waals surface area contributed by atoms with Crippen LogP contribution in [0.5, 0.6) is 5.75 Å². The van der Waals surface area contributed by atoms with Crippen LogP contribution in [0.2, 0.25) is 0 Å². The first-order valence-corrected chi connectivity index (χ1v) is 5.01. The van der Waals surface area contributed by atoms with Crippen molar-refractivity contribution >= 4 is 0 Å². The van der Waals surface area contributed by atoms with Crippen LogP contribution in [0.3, 0.4) is 0 Å². The number of hydrogen-bond donors (Lipinski definition) is 0. The lowest BCUT2D eigenvalue weighted by Gasteiger charge is -2.06. The maximum absolute atomic E-state index is 5.14. The maximum atomic E-state index is 5.14. The van der Waals surface area contributed by atoms with E-state index in [1.54, 1.807) is 7.11 Å². The van der Waals surface area contributed by atoms with E-state index in [2.05, 4.69) is 43.3 Å². The summed E-state index contributed by atoms with van der Waals surface area (Å²) in [5, 5.41) is 0. The molecular formula is C14H14O. The largest absolute Gasteiger partial charge is 0.497 e. The van der Waals surface area contributed by atoms with Crippen LogP contribution in [-0.4, -0.2) is 7.11 Å². The van der Waals surface area contributed by atoms with Gasteiger partial charge < -0.3 is 4.74 Å². The third kappa shape index (κ3) is 2.01. The van der Waals surface area contributed by atoms with E-state index in [0.29, 0.717) is 0 Å². The summed E-state index contributed by atoms with van der Waals surface area (Å²) in [4.78, 5) is 0. The Morgan fingerprint density at radius 2 is 1.53 bits per heavy atom. The highest BCUT2D eigenvalue weighted by molar-refractivity contribution is 5.67. The number of aryl methyl sites for hydroxylation is 1. The fourth-order valence-corrected chi connectivity index (χ4v) is 1.67. The first kappa shape index (κ1) is 9.78. The zero-order valence-corrected chi connectivity index (χ0v) is 9.03.